The number of benzene rings is 3. The molecular weight excluding hydrogens is 529 g/mol. The Kier molecular flexibility index (Phi) is 7.17. The second-order valence-corrected chi connectivity index (χ2v) is 9.15. The van der Waals surface area contributed by atoms with Gasteiger partial charge in [-0.1, -0.05) is 28.1 Å². The third-order valence-corrected chi connectivity index (χ3v) is 6.50. The summed E-state index contributed by atoms with van der Waals surface area (Å²) in [6.07, 6.45) is 1.38. The van der Waals surface area contributed by atoms with Crippen LogP contribution in [0, 0.1) is 5.82 Å². The summed E-state index contributed by atoms with van der Waals surface area (Å²) in [6, 6.07) is 16.4. The van der Waals surface area contributed by atoms with Crippen molar-refractivity contribution in [3.05, 3.63) is 76.8 Å². The first-order valence-electron chi connectivity index (χ1n) is 11.4. The minimum absolute atomic E-state index is 0.179. The molecule has 1 aliphatic heterocycles. The second kappa shape index (κ2) is 10.7. The fourth-order valence-electron chi connectivity index (χ4n) is 4.09. The van der Waals surface area contributed by atoms with Gasteiger partial charge in [0.1, 0.15) is 18.8 Å². The number of methoxy groups -OCH3 is 1. The van der Waals surface area contributed by atoms with Crippen LogP contribution in [0.3, 0.4) is 0 Å². The summed E-state index contributed by atoms with van der Waals surface area (Å²) in [5, 5.41) is 1.79. The molecule has 1 saturated heterocycles. The number of halogens is 2. The lowest BCUT2D eigenvalue weighted by atomic mass is 10.2. The van der Waals surface area contributed by atoms with Crippen molar-refractivity contribution in [2.75, 3.05) is 43.3 Å². The van der Waals surface area contributed by atoms with Crippen LogP contribution in [0.15, 0.2) is 65.4 Å². The Morgan fingerprint density at radius 3 is 2.56 bits per heavy atom. The van der Waals surface area contributed by atoms with Gasteiger partial charge in [0.05, 0.1) is 31.5 Å². The third kappa shape index (κ3) is 5.06. The van der Waals surface area contributed by atoms with Crippen molar-refractivity contribution in [3.8, 4) is 11.5 Å². The minimum Gasteiger partial charge on any atom is -0.493 e. The number of ether oxygens (including phenoxy) is 3. The van der Waals surface area contributed by atoms with Gasteiger partial charge in [0.2, 0.25) is 0 Å². The summed E-state index contributed by atoms with van der Waals surface area (Å²) in [5.41, 5.74) is 2.96. The molecule has 0 saturated carbocycles. The van der Waals surface area contributed by atoms with Crippen molar-refractivity contribution in [2.24, 2.45) is 5.84 Å². The van der Waals surface area contributed by atoms with Crippen molar-refractivity contribution in [1.82, 2.24) is 9.97 Å². The van der Waals surface area contributed by atoms with Gasteiger partial charge in [0.15, 0.2) is 17.3 Å². The molecule has 1 fully saturated rings. The molecule has 5 rings (SSSR count). The van der Waals surface area contributed by atoms with E-state index in [1.165, 1.54) is 23.1 Å². The molecule has 8 nitrogen and oxygen atoms in total. The van der Waals surface area contributed by atoms with Crippen LogP contribution in [0.25, 0.3) is 10.9 Å². The quantitative estimate of drug-likeness (QED) is 0.253. The highest BCUT2D eigenvalue weighted by molar-refractivity contribution is 9.10. The summed E-state index contributed by atoms with van der Waals surface area (Å²) >= 11 is 3.26. The van der Waals surface area contributed by atoms with E-state index in [-0.39, 0.29) is 5.69 Å². The van der Waals surface area contributed by atoms with Crippen molar-refractivity contribution >= 4 is 44.0 Å². The zero-order valence-corrected chi connectivity index (χ0v) is 21.2. The first-order valence-corrected chi connectivity index (χ1v) is 12.2. The third-order valence-electron chi connectivity index (χ3n) is 6.00. The molecule has 10 heteroatoms. The maximum absolute atomic E-state index is 14.5. The normalized spacial score (nSPS) is 13.6. The molecule has 36 heavy (non-hydrogen) atoms. The van der Waals surface area contributed by atoms with Gasteiger partial charge in [-0.05, 0) is 42.0 Å². The summed E-state index contributed by atoms with van der Waals surface area (Å²) in [7, 11) is 1.56. The molecule has 186 valence electrons. The number of anilines is 3. The fraction of sp³-hybridized carbons (Fsp3) is 0.231. The Hall–Kier alpha value is -3.47. The SMILES string of the molecule is COc1cc2c(N(N)c3ccc(Br)cc3F)ncnc2cc1OCc1ccc(N2CCOCC2)cc1. The first kappa shape index (κ1) is 24.2. The molecule has 3 aromatic carbocycles. The molecule has 0 aliphatic carbocycles. The summed E-state index contributed by atoms with van der Waals surface area (Å²) in [4.78, 5) is 11.0. The van der Waals surface area contributed by atoms with Crippen LogP contribution in [0.1, 0.15) is 5.56 Å². The molecule has 4 aromatic rings. The maximum atomic E-state index is 14.5. The van der Waals surface area contributed by atoms with E-state index in [1.54, 1.807) is 31.4 Å². The van der Waals surface area contributed by atoms with Gasteiger partial charge >= 0.3 is 0 Å². The molecule has 0 radical (unpaired) electrons. The molecule has 2 N–H and O–H groups in total. The van der Waals surface area contributed by atoms with Crippen LogP contribution in [-0.2, 0) is 11.3 Å². The standard InChI is InChI=1S/C26H25BrFN5O3/c1-34-24-13-20-22(30-16-31-26(20)33(29)23-7-4-18(27)12-21(23)28)14-25(24)36-15-17-2-5-19(6-3-17)32-8-10-35-11-9-32/h2-7,12-14,16H,8-11,15,29H2,1H3. The van der Waals surface area contributed by atoms with Crippen molar-refractivity contribution in [2.45, 2.75) is 6.61 Å². The van der Waals surface area contributed by atoms with Crippen LogP contribution in [0.5, 0.6) is 11.5 Å². The van der Waals surface area contributed by atoms with Crippen molar-refractivity contribution in [1.29, 1.82) is 0 Å². The molecule has 0 bridgehead atoms. The Balaban J connectivity index is 1.38. The average molecular weight is 554 g/mol. The lowest BCUT2D eigenvalue weighted by Crippen LogP contribution is -2.36. The van der Waals surface area contributed by atoms with E-state index in [4.69, 9.17) is 20.1 Å². The fourth-order valence-corrected chi connectivity index (χ4v) is 4.42. The average Bonchev–Trinajstić information content (AvgIpc) is 2.91. The summed E-state index contributed by atoms with van der Waals surface area (Å²) in [5.74, 6) is 7.15. The Morgan fingerprint density at radius 2 is 1.83 bits per heavy atom. The van der Waals surface area contributed by atoms with Gasteiger partial charge < -0.3 is 19.1 Å². The predicted octanol–water partition coefficient (Wildman–Crippen LogP) is 4.97. The molecular formula is C26H25BrFN5O3. The first-order chi connectivity index (χ1) is 17.5. The number of hydrogen-bond acceptors (Lipinski definition) is 8. The zero-order valence-electron chi connectivity index (χ0n) is 19.7. The smallest absolute Gasteiger partial charge is 0.163 e. The van der Waals surface area contributed by atoms with Crippen molar-refractivity contribution < 1.29 is 18.6 Å². The topological polar surface area (TPSA) is 86.0 Å². The number of aromatic nitrogens is 2. The molecule has 0 unspecified atom stereocenters. The van der Waals surface area contributed by atoms with Gasteiger partial charge in [-0.25, -0.2) is 20.2 Å². The summed E-state index contributed by atoms with van der Waals surface area (Å²) in [6.45, 7) is 3.64. The molecule has 1 aromatic heterocycles. The van der Waals surface area contributed by atoms with Crippen molar-refractivity contribution in [3.63, 3.8) is 0 Å². The van der Waals surface area contributed by atoms with Crippen LogP contribution in [0.2, 0.25) is 0 Å². The molecule has 1 aliphatic rings. The number of rotatable bonds is 7. The lowest BCUT2D eigenvalue weighted by Gasteiger charge is -2.28. The van der Waals surface area contributed by atoms with Gasteiger partial charge in [0.25, 0.3) is 0 Å². The van der Waals surface area contributed by atoms with E-state index in [0.29, 0.717) is 39.3 Å². The van der Waals surface area contributed by atoms with E-state index in [2.05, 4.69) is 55.1 Å². The lowest BCUT2D eigenvalue weighted by molar-refractivity contribution is 0.122. The predicted molar refractivity (Wildman–Crippen MR) is 140 cm³/mol. The van der Waals surface area contributed by atoms with Gasteiger partial charge in [-0.2, -0.15) is 0 Å². The van der Waals surface area contributed by atoms with Gasteiger partial charge in [0, 0.05) is 34.7 Å². The maximum Gasteiger partial charge on any atom is 0.163 e. The van der Waals surface area contributed by atoms with Crippen LogP contribution in [0.4, 0.5) is 21.6 Å². The van der Waals surface area contributed by atoms with Gasteiger partial charge in [-0.15, -0.1) is 0 Å². The molecule has 0 spiro atoms. The number of fused-ring (bicyclic) bond motifs is 1. The minimum atomic E-state index is -0.481. The highest BCUT2D eigenvalue weighted by Gasteiger charge is 2.18. The van der Waals surface area contributed by atoms with Gasteiger partial charge in [-0.3, -0.25) is 5.01 Å². The number of nitrogens with zero attached hydrogens (tertiary/aromatic N) is 4. The zero-order chi connectivity index (χ0) is 25.1. The highest BCUT2D eigenvalue weighted by atomic mass is 79.9. The number of nitrogens with two attached hydrogens (primary N) is 1. The van der Waals surface area contributed by atoms with E-state index in [9.17, 15) is 4.39 Å². The number of hydrazine groups is 1. The van der Waals surface area contributed by atoms with E-state index in [1.807, 2.05) is 0 Å². The molecule has 0 amide bonds. The Labute approximate surface area is 216 Å². The van der Waals surface area contributed by atoms with Crippen LogP contribution < -0.4 is 25.2 Å². The Morgan fingerprint density at radius 1 is 1.06 bits per heavy atom. The summed E-state index contributed by atoms with van der Waals surface area (Å²) < 4.78 is 32.3. The Bertz CT molecular complexity index is 1370. The van der Waals surface area contributed by atoms with Crippen LogP contribution in [-0.4, -0.2) is 43.4 Å². The van der Waals surface area contributed by atoms with E-state index < -0.39 is 5.82 Å². The molecule has 2 heterocycles. The highest BCUT2D eigenvalue weighted by Crippen LogP contribution is 2.37. The van der Waals surface area contributed by atoms with E-state index >= 15 is 0 Å². The van der Waals surface area contributed by atoms with E-state index in [0.717, 1.165) is 31.9 Å². The van der Waals surface area contributed by atoms with Crippen LogP contribution >= 0.6 is 15.9 Å². The number of morpholine rings is 1. The monoisotopic (exact) mass is 553 g/mol. The second-order valence-electron chi connectivity index (χ2n) is 8.24. The molecule has 0 atom stereocenters. The largest absolute Gasteiger partial charge is 0.493 e. The number of hydrogen-bond donors (Lipinski definition) is 1.